The number of nitrogens with zero attached hydrogens (tertiary/aromatic N) is 1. The molecule has 0 bridgehead atoms. The van der Waals surface area contributed by atoms with Gasteiger partial charge in [0.25, 0.3) is 0 Å². The topological polar surface area (TPSA) is 157 Å². The van der Waals surface area contributed by atoms with Crippen molar-refractivity contribution in [3.63, 3.8) is 0 Å². The molecular weight excluding hydrogens is 592 g/mol. The number of carbonyl (C=O) groups is 3. The van der Waals surface area contributed by atoms with Crippen molar-refractivity contribution in [2.24, 2.45) is 17.2 Å². The Morgan fingerprint density at radius 1 is 0.889 bits per heavy atom. The van der Waals surface area contributed by atoms with Gasteiger partial charge in [-0.05, 0) is 42.2 Å². The van der Waals surface area contributed by atoms with Crippen LogP contribution >= 0.6 is 31.9 Å². The lowest BCUT2D eigenvalue weighted by Crippen LogP contribution is -2.53. The zero-order valence-electron chi connectivity index (χ0n) is 20.1. The molecule has 0 saturated carbocycles. The fourth-order valence-electron chi connectivity index (χ4n) is 3.61. The van der Waals surface area contributed by atoms with Gasteiger partial charge in [0.1, 0.15) is 6.04 Å². The molecule has 0 fully saturated rings. The summed E-state index contributed by atoms with van der Waals surface area (Å²) in [4.78, 5) is 40.0. The Morgan fingerprint density at radius 2 is 1.50 bits per heavy atom. The van der Waals surface area contributed by atoms with Gasteiger partial charge in [-0.1, -0.05) is 62.2 Å². The van der Waals surface area contributed by atoms with E-state index in [0.717, 1.165) is 20.1 Å². The maximum atomic E-state index is 13.1. The van der Waals surface area contributed by atoms with Crippen molar-refractivity contribution < 1.29 is 14.4 Å². The Labute approximate surface area is 228 Å². The maximum absolute atomic E-state index is 13.1. The van der Waals surface area contributed by atoms with Gasteiger partial charge in [0.05, 0.1) is 12.5 Å². The van der Waals surface area contributed by atoms with E-state index >= 15 is 0 Å². The summed E-state index contributed by atoms with van der Waals surface area (Å²) < 4.78 is 1.76. The molecular formula is C25H34Br2N6O3. The second-order valence-electron chi connectivity index (χ2n) is 8.35. The van der Waals surface area contributed by atoms with Crippen molar-refractivity contribution in [1.82, 2.24) is 15.5 Å². The summed E-state index contributed by atoms with van der Waals surface area (Å²) in [6, 6.07) is 13.5. The van der Waals surface area contributed by atoms with Crippen molar-refractivity contribution in [3.8, 4) is 0 Å². The first kappa shape index (κ1) is 29.9. The molecule has 0 spiro atoms. The fourth-order valence-corrected chi connectivity index (χ4v) is 5.00. The third-order valence-electron chi connectivity index (χ3n) is 5.47. The first-order valence-corrected chi connectivity index (χ1v) is 13.3. The minimum Gasteiger partial charge on any atom is -0.350 e. The first-order chi connectivity index (χ1) is 17.2. The zero-order chi connectivity index (χ0) is 26.5. The lowest BCUT2D eigenvalue weighted by Gasteiger charge is -2.24. The van der Waals surface area contributed by atoms with Gasteiger partial charge in [0.2, 0.25) is 17.7 Å². The fraction of sp³-hybridized carbons (Fsp3) is 0.400. The Balaban J connectivity index is 2.05. The standard InChI is InChI=1S/C25H34Br2N6O3/c26-19-12-18(13-20(27)14-19)16-31-25(36)22(7-6-17-4-2-1-3-5-17)32-24(35)21(30)15-23(34)33(10-8-28)11-9-29/h1-5,12-14,21-22H,6-11,15-16,28-30H2,(H,31,36)(H,32,35)/t21-,22-/m0/s1. The van der Waals surface area contributed by atoms with Crippen molar-refractivity contribution in [2.75, 3.05) is 26.2 Å². The maximum Gasteiger partial charge on any atom is 0.242 e. The lowest BCUT2D eigenvalue weighted by atomic mass is 10.0. The van der Waals surface area contributed by atoms with Crippen LogP contribution in [0.5, 0.6) is 0 Å². The van der Waals surface area contributed by atoms with E-state index in [2.05, 4.69) is 42.5 Å². The summed E-state index contributed by atoms with van der Waals surface area (Å²) in [5.41, 5.74) is 19.1. The molecule has 2 aromatic rings. The second-order valence-corrected chi connectivity index (χ2v) is 10.2. The number of nitrogens with two attached hydrogens (primary N) is 3. The van der Waals surface area contributed by atoms with Crippen molar-refractivity contribution in [2.45, 2.75) is 37.9 Å². The van der Waals surface area contributed by atoms with Gasteiger partial charge in [0, 0.05) is 41.7 Å². The van der Waals surface area contributed by atoms with Crippen molar-refractivity contribution in [3.05, 3.63) is 68.6 Å². The minimum atomic E-state index is -1.11. The predicted octanol–water partition coefficient (Wildman–Crippen LogP) is 1.41. The number of aryl methyl sites for hydroxylation is 1. The van der Waals surface area contributed by atoms with Gasteiger partial charge < -0.3 is 32.7 Å². The average Bonchev–Trinajstić information content (AvgIpc) is 2.84. The lowest BCUT2D eigenvalue weighted by molar-refractivity contribution is -0.135. The SMILES string of the molecule is NCCN(CCN)C(=O)C[C@H](N)C(=O)N[C@@H](CCc1ccccc1)C(=O)NCc1cc(Br)cc(Br)c1. The Morgan fingerprint density at radius 3 is 2.08 bits per heavy atom. The Kier molecular flexibility index (Phi) is 13.1. The average molecular weight is 626 g/mol. The van der Waals surface area contributed by atoms with Crippen molar-refractivity contribution >= 4 is 49.6 Å². The number of carbonyl (C=O) groups excluding carboxylic acids is 3. The molecule has 0 saturated heterocycles. The monoisotopic (exact) mass is 624 g/mol. The molecule has 196 valence electrons. The molecule has 9 nitrogen and oxygen atoms in total. The van der Waals surface area contributed by atoms with E-state index in [0.29, 0.717) is 25.9 Å². The molecule has 2 aromatic carbocycles. The Bertz CT molecular complexity index is 982. The van der Waals surface area contributed by atoms with Gasteiger partial charge in [-0.3, -0.25) is 14.4 Å². The molecule has 2 rings (SSSR count). The molecule has 36 heavy (non-hydrogen) atoms. The molecule has 0 unspecified atom stereocenters. The molecule has 11 heteroatoms. The normalized spacial score (nSPS) is 12.5. The van der Waals surface area contributed by atoms with Crippen LogP contribution in [0.15, 0.2) is 57.5 Å². The number of amides is 3. The molecule has 0 aliphatic carbocycles. The number of nitrogens with one attached hydrogen (secondary N) is 2. The van der Waals surface area contributed by atoms with Gasteiger partial charge in [-0.2, -0.15) is 0 Å². The summed E-state index contributed by atoms with van der Waals surface area (Å²) in [5, 5.41) is 5.63. The molecule has 3 amide bonds. The summed E-state index contributed by atoms with van der Waals surface area (Å²) in [7, 11) is 0. The highest BCUT2D eigenvalue weighted by Crippen LogP contribution is 2.20. The van der Waals surface area contributed by atoms with Gasteiger partial charge in [-0.15, -0.1) is 0 Å². The second kappa shape index (κ2) is 15.7. The summed E-state index contributed by atoms with van der Waals surface area (Å²) in [6.07, 6.45) is 0.748. The van der Waals surface area contributed by atoms with E-state index in [4.69, 9.17) is 17.2 Å². The van der Waals surface area contributed by atoms with E-state index < -0.39 is 18.0 Å². The summed E-state index contributed by atoms with van der Waals surface area (Å²) in [6.45, 7) is 1.51. The van der Waals surface area contributed by atoms with E-state index in [-0.39, 0.29) is 37.9 Å². The number of hydrogen-bond donors (Lipinski definition) is 5. The number of halogens is 2. The Hall–Kier alpha value is -2.31. The molecule has 0 aliphatic rings. The van der Waals surface area contributed by atoms with Crippen LogP contribution in [0.1, 0.15) is 24.0 Å². The van der Waals surface area contributed by atoms with Crippen LogP contribution in [0.4, 0.5) is 0 Å². The highest BCUT2D eigenvalue weighted by molar-refractivity contribution is 9.11. The molecule has 0 aliphatic heterocycles. The smallest absolute Gasteiger partial charge is 0.242 e. The number of rotatable bonds is 14. The van der Waals surface area contributed by atoms with Gasteiger partial charge >= 0.3 is 0 Å². The third-order valence-corrected chi connectivity index (χ3v) is 6.38. The van der Waals surface area contributed by atoms with E-state index in [1.54, 1.807) is 0 Å². The van der Waals surface area contributed by atoms with E-state index in [9.17, 15) is 14.4 Å². The van der Waals surface area contributed by atoms with E-state index in [1.165, 1.54) is 4.90 Å². The summed E-state index contributed by atoms with van der Waals surface area (Å²) in [5.74, 6) is -1.21. The number of hydrogen-bond acceptors (Lipinski definition) is 6. The highest BCUT2D eigenvalue weighted by atomic mass is 79.9. The highest BCUT2D eigenvalue weighted by Gasteiger charge is 2.26. The molecule has 0 aromatic heterocycles. The van der Waals surface area contributed by atoms with Crippen LogP contribution in [0.2, 0.25) is 0 Å². The molecule has 8 N–H and O–H groups in total. The third kappa shape index (κ3) is 10.4. The van der Waals surface area contributed by atoms with Crippen LogP contribution in [-0.2, 0) is 27.3 Å². The first-order valence-electron chi connectivity index (χ1n) is 11.7. The van der Waals surface area contributed by atoms with Crippen molar-refractivity contribution in [1.29, 1.82) is 0 Å². The van der Waals surface area contributed by atoms with Crippen LogP contribution in [0.25, 0.3) is 0 Å². The van der Waals surface area contributed by atoms with Crippen LogP contribution in [0, 0.1) is 0 Å². The molecule has 0 heterocycles. The van der Waals surface area contributed by atoms with Gasteiger partial charge in [-0.25, -0.2) is 0 Å². The predicted molar refractivity (Wildman–Crippen MR) is 148 cm³/mol. The zero-order valence-corrected chi connectivity index (χ0v) is 23.3. The van der Waals surface area contributed by atoms with Crippen LogP contribution < -0.4 is 27.8 Å². The molecule has 0 radical (unpaired) electrons. The number of benzene rings is 2. The van der Waals surface area contributed by atoms with Crippen LogP contribution in [-0.4, -0.2) is 60.9 Å². The van der Waals surface area contributed by atoms with Crippen LogP contribution in [0.3, 0.4) is 0 Å². The summed E-state index contributed by atoms with van der Waals surface area (Å²) >= 11 is 6.88. The minimum absolute atomic E-state index is 0.203. The van der Waals surface area contributed by atoms with Gasteiger partial charge in [0.15, 0.2) is 0 Å². The quantitative estimate of drug-likeness (QED) is 0.214. The largest absolute Gasteiger partial charge is 0.350 e. The molecule has 2 atom stereocenters. The van der Waals surface area contributed by atoms with E-state index in [1.807, 2.05) is 48.5 Å².